The van der Waals surface area contributed by atoms with Gasteiger partial charge in [0.2, 0.25) is 0 Å². The molecule has 0 spiro atoms. The molecule has 8 heteroatoms. The van der Waals surface area contributed by atoms with E-state index < -0.39 is 16.1 Å². The van der Waals surface area contributed by atoms with E-state index in [4.69, 9.17) is 9.47 Å². The van der Waals surface area contributed by atoms with E-state index in [2.05, 4.69) is 5.32 Å². The van der Waals surface area contributed by atoms with Gasteiger partial charge in [-0.05, 0) is 67.3 Å². The summed E-state index contributed by atoms with van der Waals surface area (Å²) in [7, 11) is -2.28. The monoisotopic (exact) mass is 494 g/mol. The number of sulfonamides is 1. The molecule has 0 aromatic heterocycles. The zero-order valence-corrected chi connectivity index (χ0v) is 21.1. The van der Waals surface area contributed by atoms with Crippen molar-refractivity contribution in [3.63, 3.8) is 0 Å². The second-order valence-corrected chi connectivity index (χ2v) is 10.5. The Kier molecular flexibility index (Phi) is 7.03. The molecule has 0 saturated heterocycles. The van der Waals surface area contributed by atoms with Crippen molar-refractivity contribution in [1.82, 2.24) is 5.32 Å². The quantitative estimate of drug-likeness (QED) is 0.521. The SMILES string of the molecule is CC[C@@H](NC(=O)[C@@H]1CN(S(=O)(=O)c2ccccc2)c2cc(C)ccc2O1)c1ccc(OC)c(C)c1. The van der Waals surface area contributed by atoms with Crippen molar-refractivity contribution in [2.75, 3.05) is 18.0 Å². The molecule has 2 atom stereocenters. The van der Waals surface area contributed by atoms with Crippen molar-refractivity contribution in [3.8, 4) is 11.5 Å². The maximum atomic E-state index is 13.6. The van der Waals surface area contributed by atoms with Crippen molar-refractivity contribution in [2.45, 2.75) is 44.2 Å². The van der Waals surface area contributed by atoms with E-state index in [1.165, 1.54) is 4.31 Å². The molecule has 0 aliphatic carbocycles. The molecule has 35 heavy (non-hydrogen) atoms. The van der Waals surface area contributed by atoms with E-state index in [1.54, 1.807) is 49.6 Å². The Bertz CT molecular complexity index is 1320. The fraction of sp³-hybridized carbons (Fsp3) is 0.296. The Morgan fingerprint density at radius 2 is 1.86 bits per heavy atom. The highest BCUT2D eigenvalue weighted by atomic mass is 32.2. The van der Waals surface area contributed by atoms with Gasteiger partial charge >= 0.3 is 0 Å². The molecule has 4 rings (SSSR count). The van der Waals surface area contributed by atoms with Crippen LogP contribution in [0.25, 0.3) is 0 Å². The lowest BCUT2D eigenvalue weighted by molar-refractivity contribution is -0.128. The van der Waals surface area contributed by atoms with E-state index in [-0.39, 0.29) is 23.4 Å². The van der Waals surface area contributed by atoms with Gasteiger partial charge in [0.15, 0.2) is 6.10 Å². The average Bonchev–Trinajstić information content (AvgIpc) is 2.86. The molecule has 7 nitrogen and oxygen atoms in total. The van der Waals surface area contributed by atoms with Crippen LogP contribution in [0.3, 0.4) is 0 Å². The maximum Gasteiger partial charge on any atom is 0.264 e. The summed E-state index contributed by atoms with van der Waals surface area (Å²) >= 11 is 0. The van der Waals surface area contributed by atoms with Gasteiger partial charge < -0.3 is 14.8 Å². The molecule has 1 heterocycles. The number of nitrogens with zero attached hydrogens (tertiary/aromatic N) is 1. The molecular weight excluding hydrogens is 464 g/mol. The van der Waals surface area contributed by atoms with Crippen molar-refractivity contribution in [3.05, 3.63) is 83.4 Å². The van der Waals surface area contributed by atoms with Crippen molar-refractivity contribution in [2.24, 2.45) is 0 Å². The second-order valence-electron chi connectivity index (χ2n) is 8.63. The van der Waals surface area contributed by atoms with Crippen LogP contribution < -0.4 is 19.1 Å². The maximum absolute atomic E-state index is 13.6. The van der Waals surface area contributed by atoms with Crippen LogP contribution >= 0.6 is 0 Å². The summed E-state index contributed by atoms with van der Waals surface area (Å²) in [5.74, 6) is 0.763. The molecule has 0 radical (unpaired) electrons. The van der Waals surface area contributed by atoms with E-state index in [1.807, 2.05) is 45.0 Å². The first-order valence-corrected chi connectivity index (χ1v) is 13.0. The number of amides is 1. The van der Waals surface area contributed by atoms with Crippen molar-refractivity contribution < 1.29 is 22.7 Å². The molecule has 3 aromatic rings. The summed E-state index contributed by atoms with van der Waals surface area (Å²) in [6.07, 6.45) is -0.344. The molecule has 3 aromatic carbocycles. The highest BCUT2D eigenvalue weighted by molar-refractivity contribution is 7.92. The van der Waals surface area contributed by atoms with Crippen molar-refractivity contribution >= 4 is 21.6 Å². The minimum Gasteiger partial charge on any atom is -0.496 e. The van der Waals surface area contributed by atoms with Gasteiger partial charge in [-0.3, -0.25) is 9.10 Å². The zero-order valence-electron chi connectivity index (χ0n) is 20.3. The lowest BCUT2D eigenvalue weighted by Gasteiger charge is -2.35. The van der Waals surface area contributed by atoms with Gasteiger partial charge in [-0.1, -0.05) is 43.3 Å². The van der Waals surface area contributed by atoms with Gasteiger partial charge in [-0.25, -0.2) is 8.42 Å². The first-order valence-electron chi connectivity index (χ1n) is 11.5. The standard InChI is InChI=1S/C27H30N2O5S/c1-5-22(20-12-14-24(33-4)19(3)16-20)28-27(30)26-17-29(23-15-18(2)11-13-25(23)34-26)35(31,32)21-9-7-6-8-10-21/h6-16,22,26H,5,17H2,1-4H3,(H,28,30)/t22-,26+/m1/s1. The number of benzene rings is 3. The molecule has 0 unspecified atom stereocenters. The predicted molar refractivity (Wildman–Crippen MR) is 135 cm³/mol. The number of nitrogens with one attached hydrogen (secondary N) is 1. The number of methoxy groups -OCH3 is 1. The third-order valence-electron chi connectivity index (χ3n) is 6.15. The number of ether oxygens (including phenoxy) is 2. The second kappa shape index (κ2) is 10.00. The topological polar surface area (TPSA) is 84.9 Å². The Hall–Kier alpha value is -3.52. The zero-order chi connectivity index (χ0) is 25.2. The summed E-state index contributed by atoms with van der Waals surface area (Å²) in [6, 6.07) is 19.1. The van der Waals surface area contributed by atoms with Gasteiger partial charge in [-0.2, -0.15) is 0 Å². The third kappa shape index (κ3) is 4.98. The summed E-state index contributed by atoms with van der Waals surface area (Å²) in [5.41, 5.74) is 3.23. The molecule has 184 valence electrons. The fourth-order valence-corrected chi connectivity index (χ4v) is 5.74. The number of anilines is 1. The summed E-state index contributed by atoms with van der Waals surface area (Å²) in [6.45, 7) is 5.69. The first kappa shape index (κ1) is 24.6. The Morgan fingerprint density at radius 1 is 1.11 bits per heavy atom. The van der Waals surface area contributed by atoms with Crippen LogP contribution in [-0.2, 0) is 14.8 Å². The molecule has 1 aliphatic rings. The molecule has 1 aliphatic heterocycles. The van der Waals surface area contributed by atoms with Gasteiger partial charge in [-0.15, -0.1) is 0 Å². The molecular formula is C27H30N2O5S. The first-order chi connectivity index (χ1) is 16.7. The van der Waals surface area contributed by atoms with E-state index in [0.29, 0.717) is 17.9 Å². The van der Waals surface area contributed by atoms with Crippen LogP contribution in [0.15, 0.2) is 71.6 Å². The Balaban J connectivity index is 1.63. The number of rotatable bonds is 7. The third-order valence-corrected chi connectivity index (χ3v) is 7.95. The van der Waals surface area contributed by atoms with Gasteiger partial charge in [0.25, 0.3) is 15.9 Å². The van der Waals surface area contributed by atoms with Crippen LogP contribution in [0.2, 0.25) is 0 Å². The predicted octanol–water partition coefficient (Wildman–Crippen LogP) is 4.54. The number of carbonyl (C=O) groups is 1. The Morgan fingerprint density at radius 3 is 2.51 bits per heavy atom. The van der Waals surface area contributed by atoms with Crippen molar-refractivity contribution in [1.29, 1.82) is 0 Å². The number of fused-ring (bicyclic) bond motifs is 1. The highest BCUT2D eigenvalue weighted by Crippen LogP contribution is 2.38. The number of aryl methyl sites for hydroxylation is 2. The van der Waals surface area contributed by atoms with Gasteiger partial charge in [0.1, 0.15) is 11.5 Å². The smallest absolute Gasteiger partial charge is 0.264 e. The van der Waals surface area contributed by atoms with Crippen LogP contribution in [0.5, 0.6) is 11.5 Å². The normalized spacial score (nSPS) is 16.1. The van der Waals surface area contributed by atoms with E-state index in [9.17, 15) is 13.2 Å². The largest absolute Gasteiger partial charge is 0.496 e. The van der Waals surface area contributed by atoms with Crippen LogP contribution in [0.4, 0.5) is 5.69 Å². The van der Waals surface area contributed by atoms with Crippen LogP contribution in [-0.4, -0.2) is 34.1 Å². The number of hydrogen-bond donors (Lipinski definition) is 1. The van der Waals surface area contributed by atoms with Gasteiger partial charge in [0.05, 0.1) is 30.3 Å². The Labute approximate surface area is 206 Å². The summed E-state index contributed by atoms with van der Waals surface area (Å²) in [4.78, 5) is 13.5. The molecule has 0 fully saturated rings. The van der Waals surface area contributed by atoms with Crippen LogP contribution in [0, 0.1) is 13.8 Å². The highest BCUT2D eigenvalue weighted by Gasteiger charge is 2.38. The van der Waals surface area contributed by atoms with Crippen LogP contribution in [0.1, 0.15) is 36.1 Å². The van der Waals surface area contributed by atoms with Gasteiger partial charge in [0, 0.05) is 0 Å². The molecule has 1 amide bonds. The van der Waals surface area contributed by atoms with E-state index >= 15 is 0 Å². The molecule has 1 N–H and O–H groups in total. The molecule has 0 saturated carbocycles. The fourth-order valence-electron chi connectivity index (χ4n) is 4.25. The number of hydrogen-bond acceptors (Lipinski definition) is 5. The summed E-state index contributed by atoms with van der Waals surface area (Å²) in [5, 5.41) is 3.05. The number of carbonyl (C=O) groups excluding carboxylic acids is 1. The lowest BCUT2D eigenvalue weighted by Crippen LogP contribution is -2.51. The average molecular weight is 495 g/mol. The summed E-state index contributed by atoms with van der Waals surface area (Å²) < 4.78 is 39.7. The lowest BCUT2D eigenvalue weighted by atomic mass is 10.0. The minimum absolute atomic E-state index is 0.127. The van der Waals surface area contributed by atoms with E-state index in [0.717, 1.165) is 22.4 Å². The molecule has 0 bridgehead atoms. The minimum atomic E-state index is -3.90.